The lowest BCUT2D eigenvalue weighted by Gasteiger charge is -2.51. The molecule has 0 saturated heterocycles. The van der Waals surface area contributed by atoms with Crippen molar-refractivity contribution in [2.24, 2.45) is 17.3 Å². The van der Waals surface area contributed by atoms with Gasteiger partial charge in [-0.15, -0.1) is 0 Å². The van der Waals surface area contributed by atoms with Gasteiger partial charge in [-0.25, -0.2) is 0 Å². The molecule has 0 heterocycles. The summed E-state index contributed by atoms with van der Waals surface area (Å²) >= 11 is 0. The van der Waals surface area contributed by atoms with Gasteiger partial charge in [-0.1, -0.05) is 52.0 Å². The minimum atomic E-state index is -0.0547. The third kappa shape index (κ3) is 2.24. The topological polar surface area (TPSA) is 20.2 Å². The van der Waals surface area contributed by atoms with Crippen LogP contribution in [0.3, 0.4) is 0 Å². The van der Waals surface area contributed by atoms with Crippen LogP contribution in [0.25, 0.3) is 0 Å². The van der Waals surface area contributed by atoms with E-state index in [2.05, 4.69) is 38.1 Å². The number of benzene rings is 1. The van der Waals surface area contributed by atoms with Gasteiger partial charge in [-0.05, 0) is 72.3 Å². The minimum absolute atomic E-state index is 0.0547. The van der Waals surface area contributed by atoms with E-state index >= 15 is 0 Å². The Morgan fingerprint density at radius 1 is 1.05 bits per heavy atom. The number of rotatable bonds is 0. The standard InChI is InChI=1S/C19H26O.C2H6/c1-12-11-16-15(14-6-4-3-5-13(12)14)9-10-19(2)17(16)7-8-18(19)20;1-2/h3-6,12,15-18,20H,7-11H2,1-2H3;1-2H3/t12-,15?,16?,17?,18?,19?;/m0./s1. The van der Waals surface area contributed by atoms with Crippen LogP contribution in [0.4, 0.5) is 0 Å². The SMILES string of the molecule is CC.C[C@H]1CC2C(CCC3(C)C(O)CCC23)c2ccccc21. The van der Waals surface area contributed by atoms with E-state index in [9.17, 15) is 5.11 Å². The van der Waals surface area contributed by atoms with Crippen molar-refractivity contribution in [3.05, 3.63) is 35.4 Å². The molecular weight excluding hydrogens is 268 g/mol. The van der Waals surface area contributed by atoms with Crippen LogP contribution in [0.15, 0.2) is 24.3 Å². The maximum atomic E-state index is 10.4. The van der Waals surface area contributed by atoms with Crippen LogP contribution in [0.5, 0.6) is 0 Å². The van der Waals surface area contributed by atoms with Crippen LogP contribution < -0.4 is 0 Å². The number of aliphatic hydroxyl groups excluding tert-OH is 1. The average molecular weight is 300 g/mol. The smallest absolute Gasteiger partial charge is 0.0596 e. The van der Waals surface area contributed by atoms with Crippen LogP contribution in [0, 0.1) is 17.3 Å². The van der Waals surface area contributed by atoms with Crippen LogP contribution in [0.1, 0.15) is 82.8 Å². The van der Waals surface area contributed by atoms with Crippen LogP contribution in [-0.2, 0) is 0 Å². The largest absolute Gasteiger partial charge is 0.393 e. The molecule has 0 aliphatic heterocycles. The Morgan fingerprint density at radius 3 is 2.45 bits per heavy atom. The summed E-state index contributed by atoms with van der Waals surface area (Å²) in [5.41, 5.74) is 3.42. The predicted octanol–water partition coefficient (Wildman–Crippen LogP) is 5.49. The molecule has 3 aliphatic carbocycles. The zero-order valence-electron chi connectivity index (χ0n) is 14.7. The van der Waals surface area contributed by atoms with Gasteiger partial charge in [0.15, 0.2) is 0 Å². The first-order valence-electron chi connectivity index (χ1n) is 9.38. The van der Waals surface area contributed by atoms with Gasteiger partial charge in [0.2, 0.25) is 0 Å². The summed E-state index contributed by atoms with van der Waals surface area (Å²) in [5, 5.41) is 10.4. The van der Waals surface area contributed by atoms with Crippen molar-refractivity contribution < 1.29 is 5.11 Å². The van der Waals surface area contributed by atoms with Gasteiger partial charge in [0.25, 0.3) is 0 Å². The first kappa shape index (κ1) is 16.1. The second kappa shape index (κ2) is 6.00. The van der Waals surface area contributed by atoms with Crippen molar-refractivity contribution in [3.8, 4) is 0 Å². The van der Waals surface area contributed by atoms with E-state index in [0.29, 0.717) is 5.92 Å². The van der Waals surface area contributed by atoms with Gasteiger partial charge >= 0.3 is 0 Å². The molecule has 0 spiro atoms. The van der Waals surface area contributed by atoms with Crippen molar-refractivity contribution in [1.82, 2.24) is 0 Å². The van der Waals surface area contributed by atoms with Crippen LogP contribution in [0.2, 0.25) is 0 Å². The molecule has 0 radical (unpaired) electrons. The number of fused-ring (bicyclic) bond motifs is 5. The highest BCUT2D eigenvalue weighted by atomic mass is 16.3. The van der Waals surface area contributed by atoms with Gasteiger partial charge in [0.05, 0.1) is 6.10 Å². The normalized spacial score (nSPS) is 42.5. The molecule has 1 N–H and O–H groups in total. The van der Waals surface area contributed by atoms with E-state index in [1.807, 2.05) is 13.8 Å². The lowest BCUT2D eigenvalue weighted by atomic mass is 9.54. The summed E-state index contributed by atoms with van der Waals surface area (Å²) in [4.78, 5) is 0. The molecule has 4 rings (SSSR count). The molecule has 1 nitrogen and oxygen atoms in total. The van der Waals surface area contributed by atoms with E-state index in [1.54, 1.807) is 11.1 Å². The molecular formula is C21H32O. The number of hydrogen-bond donors (Lipinski definition) is 1. The lowest BCUT2D eigenvalue weighted by molar-refractivity contribution is -0.0245. The molecule has 22 heavy (non-hydrogen) atoms. The Labute approximate surface area is 136 Å². The molecule has 2 saturated carbocycles. The Balaban J connectivity index is 0.000000693. The summed E-state index contributed by atoms with van der Waals surface area (Å²) in [6.07, 6.45) is 6.03. The Kier molecular flexibility index (Phi) is 4.38. The lowest BCUT2D eigenvalue weighted by Crippen LogP contribution is -2.44. The molecule has 0 amide bonds. The fourth-order valence-electron chi connectivity index (χ4n) is 5.81. The second-order valence-corrected chi connectivity index (χ2v) is 7.78. The molecule has 1 aromatic rings. The average Bonchev–Trinajstić information content (AvgIpc) is 2.86. The number of aliphatic hydroxyl groups is 1. The molecule has 2 fully saturated rings. The Bertz CT molecular complexity index is 522. The highest BCUT2D eigenvalue weighted by molar-refractivity contribution is 5.37. The molecule has 1 heteroatoms. The highest BCUT2D eigenvalue weighted by Crippen LogP contribution is 2.62. The van der Waals surface area contributed by atoms with Gasteiger partial charge in [0, 0.05) is 0 Å². The molecule has 6 atom stereocenters. The summed E-state index contributed by atoms with van der Waals surface area (Å²) in [6, 6.07) is 9.12. The van der Waals surface area contributed by atoms with Gasteiger partial charge < -0.3 is 5.11 Å². The summed E-state index contributed by atoms with van der Waals surface area (Å²) < 4.78 is 0. The third-order valence-corrected chi connectivity index (χ3v) is 6.94. The maximum absolute atomic E-state index is 10.4. The molecule has 5 unspecified atom stereocenters. The van der Waals surface area contributed by atoms with Gasteiger partial charge in [-0.3, -0.25) is 0 Å². The van der Waals surface area contributed by atoms with E-state index in [4.69, 9.17) is 0 Å². The quantitative estimate of drug-likeness (QED) is 0.671. The van der Waals surface area contributed by atoms with E-state index in [-0.39, 0.29) is 11.5 Å². The van der Waals surface area contributed by atoms with Crippen LogP contribution >= 0.6 is 0 Å². The Morgan fingerprint density at radius 2 is 1.73 bits per heavy atom. The zero-order chi connectivity index (χ0) is 15.9. The van der Waals surface area contributed by atoms with Crippen molar-refractivity contribution in [1.29, 1.82) is 0 Å². The van der Waals surface area contributed by atoms with E-state index in [0.717, 1.165) is 24.2 Å². The molecule has 0 aromatic heterocycles. The molecule has 122 valence electrons. The molecule has 3 aliphatic rings. The molecule has 1 aromatic carbocycles. The molecule has 0 bridgehead atoms. The van der Waals surface area contributed by atoms with E-state index < -0.39 is 0 Å². The highest BCUT2D eigenvalue weighted by Gasteiger charge is 2.54. The second-order valence-electron chi connectivity index (χ2n) is 7.78. The summed E-state index contributed by atoms with van der Waals surface area (Å²) in [6.45, 7) is 8.75. The van der Waals surface area contributed by atoms with Crippen molar-refractivity contribution >= 4 is 0 Å². The van der Waals surface area contributed by atoms with E-state index in [1.165, 1.54) is 25.7 Å². The fraction of sp³-hybridized carbons (Fsp3) is 0.714. The summed E-state index contributed by atoms with van der Waals surface area (Å²) in [7, 11) is 0. The Hall–Kier alpha value is -0.820. The van der Waals surface area contributed by atoms with Crippen LogP contribution in [-0.4, -0.2) is 11.2 Å². The monoisotopic (exact) mass is 300 g/mol. The number of hydrogen-bond acceptors (Lipinski definition) is 1. The first-order chi connectivity index (χ1) is 10.6. The van der Waals surface area contributed by atoms with Crippen molar-refractivity contribution in [2.75, 3.05) is 0 Å². The minimum Gasteiger partial charge on any atom is -0.393 e. The maximum Gasteiger partial charge on any atom is 0.0596 e. The van der Waals surface area contributed by atoms with Crippen molar-refractivity contribution in [3.63, 3.8) is 0 Å². The summed E-state index contributed by atoms with van der Waals surface area (Å²) in [5.74, 6) is 2.99. The van der Waals surface area contributed by atoms with Crippen molar-refractivity contribution in [2.45, 2.75) is 77.7 Å². The first-order valence-corrected chi connectivity index (χ1v) is 9.38. The predicted molar refractivity (Wildman–Crippen MR) is 93.1 cm³/mol. The third-order valence-electron chi connectivity index (χ3n) is 6.94. The zero-order valence-corrected chi connectivity index (χ0v) is 14.7. The van der Waals surface area contributed by atoms with Gasteiger partial charge in [0.1, 0.15) is 0 Å². The van der Waals surface area contributed by atoms with Gasteiger partial charge in [-0.2, -0.15) is 0 Å². The fourth-order valence-corrected chi connectivity index (χ4v) is 5.81.